The Kier molecular flexibility index (Phi) is 3.86. The lowest BCUT2D eigenvalue weighted by molar-refractivity contribution is 0.322. The number of nitrogens with zero attached hydrogens (tertiary/aromatic N) is 2. The van der Waals surface area contributed by atoms with Gasteiger partial charge in [-0.05, 0) is 24.5 Å². The highest BCUT2D eigenvalue weighted by atomic mass is 32.2. The lowest BCUT2D eigenvalue weighted by atomic mass is 10.1. The second-order valence-electron chi connectivity index (χ2n) is 4.62. The van der Waals surface area contributed by atoms with Gasteiger partial charge in [0.05, 0.1) is 11.3 Å². The van der Waals surface area contributed by atoms with Crippen molar-refractivity contribution in [1.82, 2.24) is 10.1 Å². The second kappa shape index (κ2) is 5.19. The number of nitrogens with two attached hydrogens (primary N) is 1. The van der Waals surface area contributed by atoms with E-state index in [2.05, 4.69) is 24.0 Å². The van der Waals surface area contributed by atoms with Crippen molar-refractivity contribution in [3.8, 4) is 0 Å². The summed E-state index contributed by atoms with van der Waals surface area (Å²) in [5, 5.41) is 4.46. The maximum atomic E-state index is 5.98. The van der Waals surface area contributed by atoms with Gasteiger partial charge in [-0.25, -0.2) is 0 Å². The van der Waals surface area contributed by atoms with Gasteiger partial charge in [0.15, 0.2) is 5.82 Å². The SMILES string of the molecule is CC(C)C(N)c1nc(C2CCCCS2)no1. The molecule has 1 aromatic heterocycles. The Labute approximate surface area is 100 Å². The minimum atomic E-state index is -0.144. The van der Waals surface area contributed by atoms with Crippen molar-refractivity contribution in [2.24, 2.45) is 11.7 Å². The summed E-state index contributed by atoms with van der Waals surface area (Å²) in [5.41, 5.74) is 5.98. The first-order valence-electron chi connectivity index (χ1n) is 5.89. The molecule has 0 saturated carbocycles. The summed E-state index contributed by atoms with van der Waals surface area (Å²) in [6, 6.07) is -0.144. The van der Waals surface area contributed by atoms with Crippen molar-refractivity contribution in [1.29, 1.82) is 0 Å². The zero-order valence-corrected chi connectivity index (χ0v) is 10.7. The van der Waals surface area contributed by atoms with Crippen LogP contribution in [0.15, 0.2) is 4.52 Å². The van der Waals surface area contributed by atoms with Crippen LogP contribution in [0.3, 0.4) is 0 Å². The minimum Gasteiger partial charge on any atom is -0.338 e. The van der Waals surface area contributed by atoms with Gasteiger partial charge in [-0.3, -0.25) is 0 Å². The number of hydrogen-bond acceptors (Lipinski definition) is 5. The first-order chi connectivity index (χ1) is 7.68. The molecule has 2 atom stereocenters. The summed E-state index contributed by atoms with van der Waals surface area (Å²) in [7, 11) is 0. The van der Waals surface area contributed by atoms with Gasteiger partial charge in [0.2, 0.25) is 5.89 Å². The molecule has 0 radical (unpaired) electrons. The van der Waals surface area contributed by atoms with Crippen LogP contribution in [0.5, 0.6) is 0 Å². The van der Waals surface area contributed by atoms with Crippen LogP contribution in [-0.2, 0) is 0 Å². The molecule has 5 heteroatoms. The number of rotatable bonds is 3. The van der Waals surface area contributed by atoms with E-state index in [-0.39, 0.29) is 6.04 Å². The Balaban J connectivity index is 2.06. The third-order valence-corrected chi connectivity index (χ3v) is 4.30. The monoisotopic (exact) mass is 241 g/mol. The molecular formula is C11H19N3OS. The Morgan fingerprint density at radius 1 is 1.44 bits per heavy atom. The summed E-state index contributed by atoms with van der Waals surface area (Å²) < 4.78 is 5.24. The molecule has 2 rings (SSSR count). The van der Waals surface area contributed by atoms with Gasteiger partial charge in [-0.15, -0.1) is 0 Å². The van der Waals surface area contributed by atoms with Crippen molar-refractivity contribution < 1.29 is 4.52 Å². The first kappa shape index (κ1) is 11.9. The average molecular weight is 241 g/mol. The van der Waals surface area contributed by atoms with Crippen molar-refractivity contribution in [3.05, 3.63) is 11.7 Å². The highest BCUT2D eigenvalue weighted by Gasteiger charge is 2.24. The molecule has 1 aliphatic heterocycles. The summed E-state index contributed by atoms with van der Waals surface area (Å²) in [4.78, 5) is 4.43. The summed E-state index contributed by atoms with van der Waals surface area (Å²) in [6.07, 6.45) is 3.72. The van der Waals surface area contributed by atoms with Crippen LogP contribution >= 0.6 is 11.8 Å². The lowest BCUT2D eigenvalue weighted by Crippen LogP contribution is -2.17. The molecule has 0 spiro atoms. The Bertz CT molecular complexity index is 334. The van der Waals surface area contributed by atoms with E-state index >= 15 is 0 Å². The van der Waals surface area contributed by atoms with Crippen molar-refractivity contribution in [3.63, 3.8) is 0 Å². The smallest absolute Gasteiger partial charge is 0.243 e. The summed E-state index contributed by atoms with van der Waals surface area (Å²) >= 11 is 1.92. The molecular weight excluding hydrogens is 222 g/mol. The normalized spacial score (nSPS) is 23.6. The van der Waals surface area contributed by atoms with Crippen LogP contribution < -0.4 is 5.73 Å². The van der Waals surface area contributed by atoms with Crippen molar-refractivity contribution >= 4 is 11.8 Å². The predicted molar refractivity (Wildman–Crippen MR) is 65.1 cm³/mol. The molecule has 16 heavy (non-hydrogen) atoms. The Morgan fingerprint density at radius 3 is 2.88 bits per heavy atom. The molecule has 2 unspecified atom stereocenters. The van der Waals surface area contributed by atoms with Gasteiger partial charge in [-0.2, -0.15) is 16.7 Å². The molecule has 2 heterocycles. The van der Waals surface area contributed by atoms with Gasteiger partial charge in [0, 0.05) is 0 Å². The molecule has 0 bridgehead atoms. The number of aromatic nitrogens is 2. The van der Waals surface area contributed by atoms with E-state index in [9.17, 15) is 0 Å². The van der Waals surface area contributed by atoms with E-state index < -0.39 is 0 Å². The second-order valence-corrected chi connectivity index (χ2v) is 5.93. The fourth-order valence-corrected chi connectivity index (χ4v) is 2.98. The molecule has 4 nitrogen and oxygen atoms in total. The van der Waals surface area contributed by atoms with E-state index in [1.807, 2.05) is 11.8 Å². The van der Waals surface area contributed by atoms with Crippen LogP contribution in [0.1, 0.15) is 56.1 Å². The van der Waals surface area contributed by atoms with Crippen molar-refractivity contribution in [2.75, 3.05) is 5.75 Å². The maximum Gasteiger partial charge on any atom is 0.243 e. The topological polar surface area (TPSA) is 64.9 Å². The molecule has 1 fully saturated rings. The largest absolute Gasteiger partial charge is 0.338 e. The molecule has 0 aliphatic carbocycles. The summed E-state index contributed by atoms with van der Waals surface area (Å²) in [5.74, 6) is 2.93. The van der Waals surface area contributed by atoms with Gasteiger partial charge < -0.3 is 10.3 Å². The predicted octanol–water partition coefficient (Wildman–Crippen LogP) is 2.68. The minimum absolute atomic E-state index is 0.144. The van der Waals surface area contributed by atoms with Gasteiger partial charge >= 0.3 is 0 Å². The molecule has 1 aromatic rings. The van der Waals surface area contributed by atoms with E-state index in [1.165, 1.54) is 18.6 Å². The molecule has 90 valence electrons. The van der Waals surface area contributed by atoms with E-state index in [4.69, 9.17) is 10.3 Å². The van der Waals surface area contributed by atoms with Gasteiger partial charge in [-0.1, -0.05) is 25.4 Å². The standard InChI is InChI=1S/C11H19N3OS/c1-7(2)9(12)11-13-10(14-15-11)8-5-3-4-6-16-8/h7-9H,3-6,12H2,1-2H3. The Morgan fingerprint density at radius 2 is 2.25 bits per heavy atom. The fraction of sp³-hybridized carbons (Fsp3) is 0.818. The van der Waals surface area contributed by atoms with Gasteiger partial charge in [0.1, 0.15) is 0 Å². The quantitative estimate of drug-likeness (QED) is 0.881. The van der Waals surface area contributed by atoms with Crippen LogP contribution in [0.25, 0.3) is 0 Å². The number of thioether (sulfide) groups is 1. The molecule has 1 saturated heterocycles. The molecule has 1 aliphatic rings. The van der Waals surface area contributed by atoms with Crippen LogP contribution in [0.2, 0.25) is 0 Å². The number of hydrogen-bond donors (Lipinski definition) is 1. The third kappa shape index (κ3) is 2.58. The highest BCUT2D eigenvalue weighted by Crippen LogP contribution is 2.37. The van der Waals surface area contributed by atoms with Gasteiger partial charge in [0.25, 0.3) is 0 Å². The fourth-order valence-electron chi connectivity index (χ4n) is 1.74. The van der Waals surface area contributed by atoms with Crippen LogP contribution in [0.4, 0.5) is 0 Å². The van der Waals surface area contributed by atoms with E-state index in [0.29, 0.717) is 17.1 Å². The maximum absolute atomic E-state index is 5.98. The summed E-state index contributed by atoms with van der Waals surface area (Å²) in [6.45, 7) is 4.12. The average Bonchev–Trinajstić information content (AvgIpc) is 2.78. The van der Waals surface area contributed by atoms with E-state index in [0.717, 1.165) is 12.2 Å². The first-order valence-corrected chi connectivity index (χ1v) is 6.94. The third-order valence-electron chi connectivity index (χ3n) is 2.93. The zero-order chi connectivity index (χ0) is 11.5. The lowest BCUT2D eigenvalue weighted by Gasteiger charge is -2.17. The molecule has 2 N–H and O–H groups in total. The zero-order valence-electron chi connectivity index (χ0n) is 9.85. The van der Waals surface area contributed by atoms with E-state index in [1.54, 1.807) is 0 Å². The Hall–Kier alpha value is -0.550. The van der Waals surface area contributed by atoms with Crippen LogP contribution in [-0.4, -0.2) is 15.9 Å². The van der Waals surface area contributed by atoms with Crippen LogP contribution in [0, 0.1) is 5.92 Å². The molecule has 0 aromatic carbocycles. The molecule has 0 amide bonds. The van der Waals surface area contributed by atoms with Crippen molar-refractivity contribution in [2.45, 2.75) is 44.4 Å². The highest BCUT2D eigenvalue weighted by molar-refractivity contribution is 7.99.